The summed E-state index contributed by atoms with van der Waals surface area (Å²) in [5.74, 6) is -0.00737. The topological polar surface area (TPSA) is 95.9 Å². The van der Waals surface area contributed by atoms with Crippen molar-refractivity contribution in [2.75, 3.05) is 13.2 Å². The molecule has 0 fully saturated rings. The molecule has 488 valence electrons. The molecule has 82 heavy (non-hydrogen) atoms. The number of ether oxygens (including phenoxy) is 1. The lowest BCUT2D eigenvalue weighted by Crippen LogP contribution is -2.45. The number of rotatable bonds is 72. The van der Waals surface area contributed by atoms with Crippen molar-refractivity contribution in [3.8, 4) is 0 Å². The third-order valence-electron chi connectivity index (χ3n) is 18.1. The molecule has 0 aliphatic heterocycles. The lowest BCUT2D eigenvalue weighted by atomic mass is 10.0. The van der Waals surface area contributed by atoms with Crippen LogP contribution in [0.2, 0.25) is 0 Å². The van der Waals surface area contributed by atoms with Crippen molar-refractivity contribution in [2.45, 2.75) is 450 Å². The van der Waals surface area contributed by atoms with Gasteiger partial charge in [-0.2, -0.15) is 0 Å². The second kappa shape index (κ2) is 72.1. The normalized spacial score (nSPS) is 12.5. The van der Waals surface area contributed by atoms with Gasteiger partial charge in [0, 0.05) is 12.8 Å². The molecule has 0 radical (unpaired) electrons. The second-order valence-electron chi connectivity index (χ2n) is 26.3. The molecule has 0 spiro atoms. The van der Waals surface area contributed by atoms with Gasteiger partial charge in [0.2, 0.25) is 5.91 Å². The number of unbranched alkanes of at least 4 members (excludes halogenated alkanes) is 59. The van der Waals surface area contributed by atoms with Crippen LogP contribution in [0.4, 0.5) is 0 Å². The standard InChI is InChI=1S/C76H149NO5/c1-3-5-7-9-11-13-15-17-19-37-42-46-50-54-58-62-66-70-76(81)82-71-67-63-59-55-51-47-43-39-36-34-32-30-28-26-24-22-21-23-25-27-29-31-33-35-38-41-45-49-53-57-61-65-69-75(80)77-73(72-78)74(79)68-64-60-56-52-48-44-40-20-18-16-14-12-10-8-6-4-2/h17,19,73-74,78-79H,3-16,18,20-72H2,1-2H3,(H,77,80)/b19-17-. The summed E-state index contributed by atoms with van der Waals surface area (Å²) in [6, 6.07) is -0.537. The molecule has 0 heterocycles. The van der Waals surface area contributed by atoms with Gasteiger partial charge in [0.05, 0.1) is 25.4 Å². The lowest BCUT2D eigenvalue weighted by Gasteiger charge is -2.22. The van der Waals surface area contributed by atoms with Crippen LogP contribution in [0.1, 0.15) is 438 Å². The van der Waals surface area contributed by atoms with E-state index >= 15 is 0 Å². The number of amides is 1. The fraction of sp³-hybridized carbons (Fsp3) is 0.947. The van der Waals surface area contributed by atoms with Gasteiger partial charge in [-0.05, 0) is 51.4 Å². The highest BCUT2D eigenvalue weighted by Gasteiger charge is 2.20. The van der Waals surface area contributed by atoms with Crippen molar-refractivity contribution < 1.29 is 24.5 Å². The molecular formula is C76H149NO5. The summed E-state index contributed by atoms with van der Waals surface area (Å²) < 4.78 is 5.51. The van der Waals surface area contributed by atoms with Crippen molar-refractivity contribution in [1.29, 1.82) is 0 Å². The van der Waals surface area contributed by atoms with Gasteiger partial charge in [0.1, 0.15) is 0 Å². The van der Waals surface area contributed by atoms with Crippen LogP contribution in [0.3, 0.4) is 0 Å². The van der Waals surface area contributed by atoms with E-state index in [2.05, 4.69) is 31.3 Å². The summed E-state index contributed by atoms with van der Waals surface area (Å²) in [7, 11) is 0. The minimum atomic E-state index is -0.660. The van der Waals surface area contributed by atoms with Crippen molar-refractivity contribution in [2.24, 2.45) is 0 Å². The van der Waals surface area contributed by atoms with E-state index in [9.17, 15) is 19.8 Å². The van der Waals surface area contributed by atoms with Crippen LogP contribution in [0, 0.1) is 0 Å². The number of aliphatic hydroxyl groups excluding tert-OH is 2. The Balaban J connectivity index is 3.30. The van der Waals surface area contributed by atoms with Gasteiger partial charge >= 0.3 is 5.97 Å². The highest BCUT2D eigenvalue weighted by Crippen LogP contribution is 2.20. The fourth-order valence-electron chi connectivity index (χ4n) is 12.3. The zero-order valence-electron chi connectivity index (χ0n) is 56.0. The molecule has 0 saturated carbocycles. The molecule has 0 saturated heterocycles. The fourth-order valence-corrected chi connectivity index (χ4v) is 12.3. The monoisotopic (exact) mass is 1160 g/mol. The Morgan fingerprint density at radius 1 is 0.329 bits per heavy atom. The Morgan fingerprint density at radius 2 is 0.573 bits per heavy atom. The number of aliphatic hydroxyl groups is 2. The first-order chi connectivity index (χ1) is 40.5. The van der Waals surface area contributed by atoms with E-state index in [1.54, 1.807) is 0 Å². The summed E-state index contributed by atoms with van der Waals surface area (Å²) in [6.45, 7) is 5.00. The molecule has 2 unspecified atom stereocenters. The molecule has 2 atom stereocenters. The Hall–Kier alpha value is -1.40. The average molecular weight is 1160 g/mol. The molecule has 0 bridgehead atoms. The summed E-state index contributed by atoms with van der Waals surface area (Å²) in [5, 5.41) is 23.4. The maximum Gasteiger partial charge on any atom is 0.305 e. The molecule has 6 heteroatoms. The number of hydrogen-bond acceptors (Lipinski definition) is 5. The summed E-state index contributed by atoms with van der Waals surface area (Å²) in [5.41, 5.74) is 0. The molecule has 0 aromatic heterocycles. The third kappa shape index (κ3) is 67.7. The Labute approximate surface area is 514 Å². The van der Waals surface area contributed by atoms with Crippen LogP contribution >= 0.6 is 0 Å². The minimum Gasteiger partial charge on any atom is -0.466 e. The average Bonchev–Trinajstić information content (AvgIpc) is 3.48. The van der Waals surface area contributed by atoms with Crippen molar-refractivity contribution in [3.63, 3.8) is 0 Å². The molecule has 0 aromatic rings. The smallest absolute Gasteiger partial charge is 0.305 e. The number of esters is 1. The van der Waals surface area contributed by atoms with Crippen molar-refractivity contribution in [1.82, 2.24) is 5.32 Å². The van der Waals surface area contributed by atoms with Gasteiger partial charge in [0.25, 0.3) is 0 Å². The maximum atomic E-state index is 12.5. The van der Waals surface area contributed by atoms with E-state index < -0.39 is 12.1 Å². The van der Waals surface area contributed by atoms with Gasteiger partial charge < -0.3 is 20.3 Å². The number of allylic oxidation sites excluding steroid dienone is 2. The highest BCUT2D eigenvalue weighted by molar-refractivity contribution is 5.76. The zero-order valence-corrected chi connectivity index (χ0v) is 56.0. The van der Waals surface area contributed by atoms with Crippen LogP contribution in [-0.2, 0) is 14.3 Å². The maximum absolute atomic E-state index is 12.5. The number of carbonyl (C=O) groups excluding carboxylic acids is 2. The van der Waals surface area contributed by atoms with E-state index in [-0.39, 0.29) is 18.5 Å². The summed E-state index contributed by atoms with van der Waals surface area (Å²) in [6.07, 6.45) is 90.0. The Bertz CT molecular complexity index is 1240. The largest absolute Gasteiger partial charge is 0.466 e. The van der Waals surface area contributed by atoms with Gasteiger partial charge in [0.15, 0.2) is 0 Å². The highest BCUT2D eigenvalue weighted by atomic mass is 16.5. The Kier molecular flexibility index (Phi) is 70.8. The summed E-state index contributed by atoms with van der Waals surface area (Å²) >= 11 is 0. The zero-order chi connectivity index (χ0) is 59.2. The van der Waals surface area contributed by atoms with Crippen molar-refractivity contribution >= 4 is 11.9 Å². The van der Waals surface area contributed by atoms with Crippen LogP contribution in [0.25, 0.3) is 0 Å². The lowest BCUT2D eigenvalue weighted by molar-refractivity contribution is -0.143. The van der Waals surface area contributed by atoms with E-state index in [1.165, 1.54) is 366 Å². The predicted molar refractivity (Wildman–Crippen MR) is 361 cm³/mol. The first-order valence-corrected chi connectivity index (χ1v) is 37.9. The van der Waals surface area contributed by atoms with Crippen LogP contribution < -0.4 is 5.32 Å². The SMILES string of the molecule is CCCCCCCC/C=C\CCCCCCCCCC(=O)OCCCCCCCCCCCCCCCCCCCCCCCCCCCCCCCCCCC(=O)NC(CO)C(O)CCCCCCCCCCCCCCCCCC. The molecular weight excluding hydrogens is 1010 g/mol. The number of carbonyl (C=O) groups is 2. The first kappa shape index (κ1) is 80.6. The van der Waals surface area contributed by atoms with Gasteiger partial charge in [-0.1, -0.05) is 386 Å². The molecule has 1 amide bonds. The molecule has 0 rings (SSSR count). The quantitative estimate of drug-likeness (QED) is 0.0320. The van der Waals surface area contributed by atoms with E-state index in [1.807, 2.05) is 0 Å². The van der Waals surface area contributed by atoms with Crippen LogP contribution in [-0.4, -0.2) is 47.4 Å². The Morgan fingerprint density at radius 3 is 0.866 bits per heavy atom. The van der Waals surface area contributed by atoms with Crippen LogP contribution in [0.15, 0.2) is 12.2 Å². The van der Waals surface area contributed by atoms with Gasteiger partial charge in [-0.3, -0.25) is 9.59 Å². The predicted octanol–water partition coefficient (Wildman–Crippen LogP) is 24.7. The van der Waals surface area contributed by atoms with Crippen LogP contribution in [0.5, 0.6) is 0 Å². The number of nitrogens with one attached hydrogen (secondary N) is 1. The van der Waals surface area contributed by atoms with Gasteiger partial charge in [-0.25, -0.2) is 0 Å². The van der Waals surface area contributed by atoms with Gasteiger partial charge in [-0.15, -0.1) is 0 Å². The molecule has 0 aliphatic carbocycles. The first-order valence-electron chi connectivity index (χ1n) is 37.9. The van der Waals surface area contributed by atoms with E-state index in [0.29, 0.717) is 25.9 Å². The minimum absolute atomic E-state index is 0.0190. The third-order valence-corrected chi connectivity index (χ3v) is 18.1. The molecule has 0 aromatic carbocycles. The van der Waals surface area contributed by atoms with Crippen molar-refractivity contribution in [3.05, 3.63) is 12.2 Å². The van der Waals surface area contributed by atoms with E-state index in [0.717, 1.165) is 38.5 Å². The van der Waals surface area contributed by atoms with E-state index in [4.69, 9.17) is 4.74 Å². The second-order valence-corrected chi connectivity index (χ2v) is 26.3. The molecule has 3 N–H and O–H groups in total. The molecule has 0 aliphatic rings. The summed E-state index contributed by atoms with van der Waals surface area (Å²) in [4.78, 5) is 24.6. The number of hydrogen-bond donors (Lipinski definition) is 3. The molecule has 6 nitrogen and oxygen atoms in total.